The van der Waals surface area contributed by atoms with Crippen LogP contribution >= 0.6 is 0 Å². The molecular weight excluding hydrogens is 258 g/mol. The lowest BCUT2D eigenvalue weighted by Crippen LogP contribution is -2.46. The van der Waals surface area contributed by atoms with Crippen LogP contribution in [-0.4, -0.2) is 35.2 Å². The van der Waals surface area contributed by atoms with Crippen LogP contribution in [0.15, 0.2) is 24.3 Å². The van der Waals surface area contributed by atoms with Crippen LogP contribution in [0.2, 0.25) is 0 Å². The molecule has 1 aliphatic heterocycles. The molecule has 0 atom stereocenters. The number of aliphatic carboxylic acids is 1. The van der Waals surface area contributed by atoms with Crippen molar-refractivity contribution in [3.05, 3.63) is 29.8 Å². The second-order valence-electron chi connectivity index (χ2n) is 4.84. The van der Waals surface area contributed by atoms with Gasteiger partial charge in [0.05, 0.1) is 6.42 Å². The molecule has 108 valence electrons. The highest BCUT2D eigenvalue weighted by molar-refractivity contribution is 5.90. The molecule has 2 rings (SSSR count). The van der Waals surface area contributed by atoms with Crippen molar-refractivity contribution in [2.24, 2.45) is 0 Å². The Balaban J connectivity index is 1.94. The van der Waals surface area contributed by atoms with Gasteiger partial charge in [0.2, 0.25) is 0 Å². The molecule has 0 spiro atoms. The zero-order chi connectivity index (χ0) is 14.4. The van der Waals surface area contributed by atoms with Crippen LogP contribution in [0, 0.1) is 0 Å². The lowest BCUT2D eigenvalue weighted by Gasteiger charge is -2.27. The highest BCUT2D eigenvalue weighted by Gasteiger charge is 2.14. The Kier molecular flexibility index (Phi) is 4.95. The monoisotopic (exact) mass is 277 g/mol. The molecule has 1 heterocycles. The summed E-state index contributed by atoms with van der Waals surface area (Å²) in [5.74, 6) is -0.921. The predicted octanol–water partition coefficient (Wildman–Crippen LogP) is 1.84. The van der Waals surface area contributed by atoms with E-state index < -0.39 is 5.97 Å². The molecule has 1 saturated heterocycles. The van der Waals surface area contributed by atoms with E-state index >= 15 is 0 Å². The van der Waals surface area contributed by atoms with Crippen LogP contribution in [-0.2, 0) is 11.2 Å². The second kappa shape index (κ2) is 6.91. The van der Waals surface area contributed by atoms with Gasteiger partial charge in [-0.1, -0.05) is 24.6 Å². The highest BCUT2D eigenvalue weighted by Crippen LogP contribution is 2.15. The van der Waals surface area contributed by atoms with Crippen molar-refractivity contribution in [3.63, 3.8) is 0 Å². The predicted molar refractivity (Wildman–Crippen MR) is 75.4 cm³/mol. The van der Waals surface area contributed by atoms with Crippen molar-refractivity contribution in [2.75, 3.05) is 18.4 Å². The Morgan fingerprint density at radius 3 is 2.55 bits per heavy atom. The highest BCUT2D eigenvalue weighted by atomic mass is 16.4. The molecule has 0 saturated carbocycles. The Bertz CT molecular complexity index is 484. The van der Waals surface area contributed by atoms with Crippen LogP contribution < -0.4 is 10.7 Å². The molecule has 1 aromatic rings. The zero-order valence-electron chi connectivity index (χ0n) is 11.3. The lowest BCUT2D eigenvalue weighted by molar-refractivity contribution is -0.136. The summed E-state index contributed by atoms with van der Waals surface area (Å²) in [7, 11) is 0. The number of amides is 2. The number of urea groups is 1. The molecule has 1 aromatic carbocycles. The minimum atomic E-state index is -0.921. The Labute approximate surface area is 117 Å². The topological polar surface area (TPSA) is 81.7 Å². The van der Waals surface area contributed by atoms with Gasteiger partial charge in [-0.2, -0.15) is 0 Å². The van der Waals surface area contributed by atoms with Crippen LogP contribution in [0.3, 0.4) is 0 Å². The number of para-hydroxylation sites is 1. The molecule has 1 fully saturated rings. The zero-order valence-corrected chi connectivity index (χ0v) is 11.3. The van der Waals surface area contributed by atoms with Gasteiger partial charge in [-0.15, -0.1) is 0 Å². The average molecular weight is 277 g/mol. The summed E-state index contributed by atoms with van der Waals surface area (Å²) in [6, 6.07) is 6.59. The maximum Gasteiger partial charge on any atom is 0.333 e. The van der Waals surface area contributed by atoms with E-state index in [9.17, 15) is 9.59 Å². The van der Waals surface area contributed by atoms with Crippen LogP contribution in [0.4, 0.5) is 10.5 Å². The Morgan fingerprint density at radius 2 is 1.85 bits per heavy atom. The minimum Gasteiger partial charge on any atom is -0.481 e. The number of anilines is 1. The van der Waals surface area contributed by atoms with E-state index in [1.165, 1.54) is 6.42 Å². The summed E-state index contributed by atoms with van der Waals surface area (Å²) in [6.45, 7) is 1.70. The molecule has 6 heteroatoms. The first-order valence-electron chi connectivity index (χ1n) is 6.77. The maximum absolute atomic E-state index is 11.9. The van der Waals surface area contributed by atoms with Gasteiger partial charge in [0.1, 0.15) is 0 Å². The molecule has 0 aliphatic carbocycles. The number of hydrogen-bond acceptors (Lipinski definition) is 3. The maximum atomic E-state index is 11.9. The molecule has 6 nitrogen and oxygen atoms in total. The van der Waals surface area contributed by atoms with Gasteiger partial charge in [0.15, 0.2) is 0 Å². The Morgan fingerprint density at radius 1 is 1.15 bits per heavy atom. The summed E-state index contributed by atoms with van der Waals surface area (Å²) >= 11 is 0. The fraction of sp³-hybridized carbons (Fsp3) is 0.429. The first kappa shape index (κ1) is 14.3. The number of hydrazine groups is 1. The smallest absolute Gasteiger partial charge is 0.333 e. The fourth-order valence-electron chi connectivity index (χ4n) is 2.26. The molecule has 0 aromatic heterocycles. The van der Waals surface area contributed by atoms with Crippen molar-refractivity contribution in [3.8, 4) is 0 Å². The number of rotatable bonds is 4. The molecule has 20 heavy (non-hydrogen) atoms. The molecular formula is C14H19N3O3. The fourth-order valence-corrected chi connectivity index (χ4v) is 2.26. The first-order chi connectivity index (χ1) is 9.65. The molecule has 0 bridgehead atoms. The third-order valence-corrected chi connectivity index (χ3v) is 3.22. The van der Waals surface area contributed by atoms with Crippen LogP contribution in [0.5, 0.6) is 0 Å². The summed E-state index contributed by atoms with van der Waals surface area (Å²) in [5.41, 5.74) is 3.91. The molecule has 1 aliphatic rings. The number of hydrogen-bond donors (Lipinski definition) is 3. The van der Waals surface area contributed by atoms with Gasteiger partial charge in [-0.05, 0) is 24.5 Å². The number of nitrogens with one attached hydrogen (secondary N) is 2. The SMILES string of the molecule is O=C(O)Cc1ccccc1NC(=O)NN1CCCCC1. The first-order valence-corrected chi connectivity index (χ1v) is 6.77. The van der Waals surface area contributed by atoms with Crippen molar-refractivity contribution < 1.29 is 14.7 Å². The van der Waals surface area contributed by atoms with E-state index in [1.807, 2.05) is 5.01 Å². The summed E-state index contributed by atoms with van der Waals surface area (Å²) in [4.78, 5) is 22.7. The van der Waals surface area contributed by atoms with E-state index in [-0.39, 0.29) is 12.5 Å². The van der Waals surface area contributed by atoms with Crippen molar-refractivity contribution in [1.82, 2.24) is 10.4 Å². The van der Waals surface area contributed by atoms with Gasteiger partial charge in [-0.3, -0.25) is 10.2 Å². The third-order valence-electron chi connectivity index (χ3n) is 3.22. The van der Waals surface area contributed by atoms with E-state index in [0.717, 1.165) is 25.9 Å². The second-order valence-corrected chi connectivity index (χ2v) is 4.84. The molecule has 2 amide bonds. The van der Waals surface area contributed by atoms with Gasteiger partial charge in [0.25, 0.3) is 0 Å². The normalized spacial score (nSPS) is 15.6. The van der Waals surface area contributed by atoms with E-state index in [2.05, 4.69) is 10.7 Å². The largest absolute Gasteiger partial charge is 0.481 e. The molecule has 0 unspecified atom stereocenters. The van der Waals surface area contributed by atoms with Gasteiger partial charge >= 0.3 is 12.0 Å². The van der Waals surface area contributed by atoms with Crippen molar-refractivity contribution >= 4 is 17.7 Å². The van der Waals surface area contributed by atoms with Gasteiger partial charge in [-0.25, -0.2) is 9.80 Å². The lowest BCUT2D eigenvalue weighted by atomic mass is 10.1. The van der Waals surface area contributed by atoms with Crippen molar-refractivity contribution in [1.29, 1.82) is 0 Å². The minimum absolute atomic E-state index is 0.111. The summed E-state index contributed by atoms with van der Waals surface area (Å²) < 4.78 is 0. The average Bonchev–Trinajstić information content (AvgIpc) is 2.41. The van der Waals surface area contributed by atoms with Crippen LogP contribution in [0.25, 0.3) is 0 Å². The van der Waals surface area contributed by atoms with E-state index in [0.29, 0.717) is 11.3 Å². The number of carbonyl (C=O) groups is 2. The molecule has 0 radical (unpaired) electrons. The Hall–Kier alpha value is -2.08. The summed E-state index contributed by atoms with van der Waals surface area (Å²) in [5, 5.41) is 13.4. The number of piperidine rings is 1. The number of carboxylic acids is 1. The quantitative estimate of drug-likeness (QED) is 0.784. The number of carboxylic acid groups (broad SMARTS) is 1. The number of carbonyl (C=O) groups excluding carboxylic acids is 1. The number of benzene rings is 1. The standard InChI is InChI=1S/C14H19N3O3/c18-13(19)10-11-6-2-3-7-12(11)15-14(20)16-17-8-4-1-5-9-17/h2-3,6-7H,1,4-5,8-10H2,(H,18,19)(H2,15,16,20). The van der Waals surface area contributed by atoms with E-state index in [4.69, 9.17) is 5.11 Å². The van der Waals surface area contributed by atoms with Gasteiger partial charge in [0, 0.05) is 18.8 Å². The van der Waals surface area contributed by atoms with Crippen LogP contribution in [0.1, 0.15) is 24.8 Å². The third kappa shape index (κ3) is 4.24. The summed E-state index contributed by atoms with van der Waals surface area (Å²) in [6.07, 6.45) is 3.24. The van der Waals surface area contributed by atoms with Crippen molar-refractivity contribution in [2.45, 2.75) is 25.7 Å². The van der Waals surface area contributed by atoms with E-state index in [1.54, 1.807) is 24.3 Å². The van der Waals surface area contributed by atoms with Gasteiger partial charge < -0.3 is 10.4 Å². The molecule has 3 N–H and O–H groups in total. The number of nitrogens with zero attached hydrogens (tertiary/aromatic N) is 1.